The summed E-state index contributed by atoms with van der Waals surface area (Å²) in [6, 6.07) is 0. The van der Waals surface area contributed by atoms with E-state index in [1.807, 2.05) is 0 Å². The second kappa shape index (κ2) is 3.02. The van der Waals surface area contributed by atoms with Gasteiger partial charge in [-0.3, -0.25) is 0 Å². The molecule has 1 aliphatic heterocycles. The molecule has 3 nitrogen and oxygen atoms in total. The number of nitrogens with two attached hydrogens (primary N) is 1. The lowest BCUT2D eigenvalue weighted by atomic mass is 10.3. The molecule has 0 aromatic heterocycles. The molecule has 1 fully saturated rings. The van der Waals surface area contributed by atoms with Crippen molar-refractivity contribution in [3.05, 3.63) is 0 Å². The predicted molar refractivity (Wildman–Crippen MR) is 30.7 cm³/mol. The van der Waals surface area contributed by atoms with Crippen LogP contribution in [0.15, 0.2) is 0 Å². The van der Waals surface area contributed by atoms with Crippen LogP contribution in [0.25, 0.3) is 0 Å². The molecule has 48 valence electrons. The van der Waals surface area contributed by atoms with Gasteiger partial charge in [-0.15, -0.1) is 0 Å². The molecule has 3 N–H and O–H groups in total. The highest BCUT2D eigenvalue weighted by molar-refractivity contribution is 4.58. The molecule has 0 radical (unpaired) electrons. The third-order valence-corrected chi connectivity index (χ3v) is 1.21. The summed E-state index contributed by atoms with van der Waals surface area (Å²) in [7, 11) is 0. The van der Waals surface area contributed by atoms with Gasteiger partial charge >= 0.3 is 0 Å². The Morgan fingerprint density at radius 2 is 2.62 bits per heavy atom. The smallest absolute Gasteiger partial charge is 0.191 e. The second-order valence-corrected chi connectivity index (χ2v) is 1.87. The summed E-state index contributed by atoms with van der Waals surface area (Å²) in [5.41, 5.74) is 5.33. The van der Waals surface area contributed by atoms with Crippen LogP contribution in [0.5, 0.6) is 0 Å². The molecule has 0 bridgehead atoms. The van der Waals surface area contributed by atoms with Crippen LogP contribution < -0.4 is 5.73 Å². The van der Waals surface area contributed by atoms with Crippen LogP contribution in [0.2, 0.25) is 0 Å². The Labute approximate surface area is 48.8 Å². The molecule has 1 saturated heterocycles. The fraction of sp³-hybridized carbons (Fsp3) is 1.00. The topological polar surface area (TPSA) is 48.0 Å². The second-order valence-electron chi connectivity index (χ2n) is 1.87. The number of rotatable bonds is 1. The van der Waals surface area contributed by atoms with Gasteiger partial charge in [-0.25, -0.2) is 0 Å². The molecule has 3 heteroatoms. The van der Waals surface area contributed by atoms with E-state index in [4.69, 9.17) is 10.5 Å². The zero-order valence-corrected chi connectivity index (χ0v) is 4.84. The minimum Gasteiger partial charge on any atom is -0.427 e. The van der Waals surface area contributed by atoms with E-state index < -0.39 is 0 Å². The SMILES string of the molecule is NCC1COCC[OH+]1. The Bertz CT molecular complexity index is 61.4. The van der Waals surface area contributed by atoms with Crippen molar-refractivity contribution in [3.8, 4) is 0 Å². The van der Waals surface area contributed by atoms with Crippen molar-refractivity contribution >= 4 is 0 Å². The fourth-order valence-electron chi connectivity index (χ4n) is 0.714. The van der Waals surface area contributed by atoms with Gasteiger partial charge in [-0.1, -0.05) is 0 Å². The first-order valence-electron chi connectivity index (χ1n) is 2.88. The summed E-state index contributed by atoms with van der Waals surface area (Å²) < 4.78 is 9.30. The summed E-state index contributed by atoms with van der Waals surface area (Å²) in [6.07, 6.45) is 0.267. The van der Waals surface area contributed by atoms with Crippen molar-refractivity contribution in [1.82, 2.24) is 0 Å². The van der Waals surface area contributed by atoms with Crippen LogP contribution in [0.3, 0.4) is 0 Å². The predicted octanol–water partition coefficient (Wildman–Crippen LogP) is -1.13. The summed E-state index contributed by atoms with van der Waals surface area (Å²) in [6.45, 7) is 2.94. The third kappa shape index (κ3) is 1.43. The maximum absolute atomic E-state index is 5.33. The zero-order chi connectivity index (χ0) is 5.82. The lowest BCUT2D eigenvalue weighted by Gasteiger charge is -2.17. The minimum absolute atomic E-state index is 0.267. The Morgan fingerprint density at radius 3 is 3.00 bits per heavy atom. The van der Waals surface area contributed by atoms with E-state index in [0.717, 1.165) is 19.8 Å². The molecule has 1 heterocycles. The minimum atomic E-state index is 0.267. The van der Waals surface area contributed by atoms with Crippen LogP contribution in [0.4, 0.5) is 0 Å². The molecule has 1 atom stereocenters. The molecular formula is C5H12NO2+. The molecule has 1 unspecified atom stereocenters. The van der Waals surface area contributed by atoms with Crippen LogP contribution in [-0.4, -0.2) is 37.2 Å². The van der Waals surface area contributed by atoms with Crippen LogP contribution in [0.1, 0.15) is 0 Å². The molecule has 0 aliphatic carbocycles. The maximum Gasteiger partial charge on any atom is 0.191 e. The lowest BCUT2D eigenvalue weighted by Crippen LogP contribution is -2.37. The zero-order valence-electron chi connectivity index (χ0n) is 4.84. The average molecular weight is 118 g/mol. The fourth-order valence-corrected chi connectivity index (χ4v) is 0.714. The largest absolute Gasteiger partial charge is 0.427 e. The molecule has 8 heavy (non-hydrogen) atoms. The molecular weight excluding hydrogens is 106 g/mol. The Balaban J connectivity index is 2.13. The van der Waals surface area contributed by atoms with Crippen molar-refractivity contribution < 1.29 is 9.47 Å². The molecule has 0 saturated carbocycles. The lowest BCUT2D eigenvalue weighted by molar-refractivity contribution is -0.185. The van der Waals surface area contributed by atoms with Crippen LogP contribution in [0, 0.1) is 0 Å². The summed E-state index contributed by atoms with van der Waals surface area (Å²) in [5, 5.41) is 0. The van der Waals surface area contributed by atoms with Gasteiger partial charge in [-0.05, 0) is 0 Å². The first-order valence-corrected chi connectivity index (χ1v) is 2.88. The van der Waals surface area contributed by atoms with E-state index in [9.17, 15) is 0 Å². The molecule has 0 aromatic rings. The van der Waals surface area contributed by atoms with Crippen molar-refractivity contribution in [2.75, 3.05) is 26.4 Å². The molecule has 0 spiro atoms. The first-order chi connectivity index (χ1) is 3.93. The van der Waals surface area contributed by atoms with E-state index >= 15 is 0 Å². The average Bonchev–Trinajstić information content (AvgIpc) is 1.90. The molecule has 0 amide bonds. The molecule has 1 aliphatic rings. The van der Waals surface area contributed by atoms with Gasteiger partial charge in [0.1, 0.15) is 13.2 Å². The molecule has 1 rings (SSSR count). The van der Waals surface area contributed by atoms with E-state index in [1.54, 1.807) is 0 Å². The van der Waals surface area contributed by atoms with Gasteiger partial charge < -0.3 is 15.2 Å². The maximum atomic E-state index is 5.33. The van der Waals surface area contributed by atoms with E-state index in [0.29, 0.717) is 6.54 Å². The van der Waals surface area contributed by atoms with E-state index in [1.165, 1.54) is 0 Å². The monoisotopic (exact) mass is 118 g/mol. The van der Waals surface area contributed by atoms with Gasteiger partial charge in [0.25, 0.3) is 0 Å². The highest BCUT2D eigenvalue weighted by atomic mass is 16.6. The number of ether oxygens (including phenoxy) is 2. The van der Waals surface area contributed by atoms with Crippen molar-refractivity contribution in [2.24, 2.45) is 5.73 Å². The number of hydrogen-bond donors (Lipinski definition) is 1. The molecule has 0 aromatic carbocycles. The quantitative estimate of drug-likeness (QED) is 0.443. The Kier molecular flexibility index (Phi) is 2.27. The standard InChI is InChI=1S/C5H11NO2/c6-3-5-4-7-1-2-8-5/h5H,1-4,6H2/p+1. The van der Waals surface area contributed by atoms with Crippen molar-refractivity contribution in [1.29, 1.82) is 0 Å². The Hall–Kier alpha value is -0.120. The van der Waals surface area contributed by atoms with Gasteiger partial charge in [0.05, 0.1) is 6.54 Å². The Morgan fingerprint density at radius 1 is 1.75 bits per heavy atom. The first kappa shape index (κ1) is 6.01. The number of aliphatic hydroxyl groups is 2. The van der Waals surface area contributed by atoms with Crippen LogP contribution >= 0.6 is 0 Å². The normalized spacial score (nSPS) is 30.4. The van der Waals surface area contributed by atoms with Gasteiger partial charge in [0, 0.05) is 0 Å². The van der Waals surface area contributed by atoms with Gasteiger partial charge in [0.15, 0.2) is 12.7 Å². The van der Waals surface area contributed by atoms with Gasteiger partial charge in [-0.2, -0.15) is 0 Å². The van der Waals surface area contributed by atoms with E-state index in [-0.39, 0.29) is 6.10 Å². The summed E-state index contributed by atoms with van der Waals surface area (Å²) in [5.74, 6) is 0. The van der Waals surface area contributed by atoms with Crippen molar-refractivity contribution in [3.63, 3.8) is 0 Å². The number of hydrogen-bond acceptors (Lipinski definition) is 2. The van der Waals surface area contributed by atoms with Crippen molar-refractivity contribution in [2.45, 2.75) is 6.10 Å². The van der Waals surface area contributed by atoms with E-state index in [2.05, 4.69) is 4.74 Å². The third-order valence-electron chi connectivity index (χ3n) is 1.21. The highest BCUT2D eigenvalue weighted by Crippen LogP contribution is 1.93. The highest BCUT2D eigenvalue weighted by Gasteiger charge is 2.15. The summed E-state index contributed by atoms with van der Waals surface area (Å²) >= 11 is 0. The van der Waals surface area contributed by atoms with Gasteiger partial charge in [0.2, 0.25) is 0 Å². The summed E-state index contributed by atoms with van der Waals surface area (Å²) in [4.78, 5) is 0. The van der Waals surface area contributed by atoms with Crippen LogP contribution in [-0.2, 0) is 4.74 Å².